The summed E-state index contributed by atoms with van der Waals surface area (Å²) in [5.74, 6) is 1.61. The van der Waals surface area contributed by atoms with Crippen molar-refractivity contribution in [1.82, 2.24) is 19.3 Å². The molecular formula is C22H22N6OS2. The first-order valence-electron chi connectivity index (χ1n) is 10.3. The van der Waals surface area contributed by atoms with Crippen molar-refractivity contribution in [1.29, 1.82) is 0 Å². The number of aryl methyl sites for hydroxylation is 2. The second kappa shape index (κ2) is 8.32. The summed E-state index contributed by atoms with van der Waals surface area (Å²) < 4.78 is 4.37. The van der Waals surface area contributed by atoms with Crippen LogP contribution in [0.15, 0.2) is 36.7 Å². The Morgan fingerprint density at radius 3 is 2.68 bits per heavy atom. The van der Waals surface area contributed by atoms with Crippen LogP contribution in [0, 0.1) is 19.8 Å². The molecule has 1 N–H and O–H groups in total. The van der Waals surface area contributed by atoms with Gasteiger partial charge in [0.1, 0.15) is 17.0 Å². The van der Waals surface area contributed by atoms with Crippen molar-refractivity contribution in [3.63, 3.8) is 0 Å². The molecule has 0 saturated carbocycles. The number of hydrogen-bond acceptors (Lipinski definition) is 8. The summed E-state index contributed by atoms with van der Waals surface area (Å²) in [5.41, 5.74) is 2.20. The third-order valence-electron chi connectivity index (χ3n) is 5.80. The van der Waals surface area contributed by atoms with E-state index >= 15 is 0 Å². The van der Waals surface area contributed by atoms with E-state index < -0.39 is 0 Å². The molecule has 0 aliphatic carbocycles. The highest BCUT2D eigenvalue weighted by Crippen LogP contribution is 2.35. The fourth-order valence-electron chi connectivity index (χ4n) is 3.94. The molecule has 1 aliphatic rings. The van der Waals surface area contributed by atoms with Crippen LogP contribution in [0.1, 0.15) is 23.3 Å². The Bertz CT molecular complexity index is 1230. The van der Waals surface area contributed by atoms with Crippen LogP contribution in [0.3, 0.4) is 0 Å². The lowest BCUT2D eigenvalue weighted by Crippen LogP contribution is -2.38. The third kappa shape index (κ3) is 3.90. The van der Waals surface area contributed by atoms with E-state index in [0.717, 1.165) is 47.5 Å². The summed E-state index contributed by atoms with van der Waals surface area (Å²) in [4.78, 5) is 30.9. The van der Waals surface area contributed by atoms with Gasteiger partial charge in [0.2, 0.25) is 11.0 Å². The maximum Gasteiger partial charge on any atom is 0.229 e. The summed E-state index contributed by atoms with van der Waals surface area (Å²) in [6.45, 7) is 5.85. The van der Waals surface area contributed by atoms with Gasteiger partial charge in [-0.2, -0.15) is 9.36 Å². The van der Waals surface area contributed by atoms with E-state index in [-0.39, 0.29) is 11.8 Å². The zero-order chi connectivity index (χ0) is 21.4. The molecule has 158 valence electrons. The summed E-state index contributed by atoms with van der Waals surface area (Å²) in [6.07, 6.45) is 3.21. The molecule has 0 unspecified atom stereocenters. The van der Waals surface area contributed by atoms with Gasteiger partial charge in [-0.05, 0) is 32.3 Å². The molecule has 1 aromatic carbocycles. The van der Waals surface area contributed by atoms with Crippen LogP contribution in [0.2, 0.25) is 0 Å². The predicted octanol–water partition coefficient (Wildman–Crippen LogP) is 4.68. The number of nitrogens with one attached hydrogen (secondary N) is 1. The minimum absolute atomic E-state index is 0.0193. The molecule has 0 spiro atoms. The van der Waals surface area contributed by atoms with Crippen molar-refractivity contribution in [2.75, 3.05) is 23.3 Å². The molecule has 7 nitrogen and oxygen atoms in total. The zero-order valence-electron chi connectivity index (χ0n) is 17.3. The topological polar surface area (TPSA) is 83.9 Å². The van der Waals surface area contributed by atoms with E-state index in [2.05, 4.69) is 43.4 Å². The molecule has 0 radical (unpaired) electrons. The quantitative estimate of drug-likeness (QED) is 0.486. The molecule has 0 atom stereocenters. The van der Waals surface area contributed by atoms with Gasteiger partial charge >= 0.3 is 0 Å². The van der Waals surface area contributed by atoms with Gasteiger partial charge in [0, 0.05) is 41.0 Å². The Morgan fingerprint density at radius 2 is 1.90 bits per heavy atom. The fraction of sp³-hybridized carbons (Fsp3) is 0.318. The second-order valence-electron chi connectivity index (χ2n) is 7.70. The summed E-state index contributed by atoms with van der Waals surface area (Å²) in [7, 11) is 0. The maximum atomic E-state index is 12.8. The van der Waals surface area contributed by atoms with E-state index in [1.54, 1.807) is 17.7 Å². The highest BCUT2D eigenvalue weighted by molar-refractivity contribution is 7.18. The average molecular weight is 451 g/mol. The van der Waals surface area contributed by atoms with Crippen LogP contribution in [-0.4, -0.2) is 38.3 Å². The first-order valence-corrected chi connectivity index (χ1v) is 11.8. The zero-order valence-corrected chi connectivity index (χ0v) is 19.0. The number of carbonyl (C=O) groups excluding carboxylic acids is 1. The molecule has 9 heteroatoms. The van der Waals surface area contributed by atoms with Gasteiger partial charge in [-0.15, -0.1) is 11.3 Å². The van der Waals surface area contributed by atoms with E-state index in [0.29, 0.717) is 11.0 Å². The summed E-state index contributed by atoms with van der Waals surface area (Å²) >= 11 is 2.93. The van der Waals surface area contributed by atoms with Gasteiger partial charge in [-0.1, -0.05) is 30.3 Å². The summed E-state index contributed by atoms with van der Waals surface area (Å²) in [6, 6.07) is 9.78. The van der Waals surface area contributed by atoms with Crippen molar-refractivity contribution >= 4 is 49.9 Å². The molecule has 1 aliphatic heterocycles. The molecule has 1 amide bonds. The van der Waals surface area contributed by atoms with Gasteiger partial charge < -0.3 is 10.2 Å². The Balaban J connectivity index is 1.24. The van der Waals surface area contributed by atoms with E-state index in [1.165, 1.54) is 22.0 Å². The average Bonchev–Trinajstić information content (AvgIpc) is 3.38. The fourth-order valence-corrected chi connectivity index (χ4v) is 5.53. The van der Waals surface area contributed by atoms with Crippen LogP contribution < -0.4 is 10.2 Å². The van der Waals surface area contributed by atoms with Crippen molar-refractivity contribution in [2.45, 2.75) is 26.7 Å². The number of carbonyl (C=O) groups is 1. The largest absolute Gasteiger partial charge is 0.356 e. The number of nitrogens with zero attached hydrogens (tertiary/aromatic N) is 5. The molecule has 4 heterocycles. The van der Waals surface area contributed by atoms with Crippen LogP contribution in [0.5, 0.6) is 0 Å². The number of piperidine rings is 1. The Kier molecular flexibility index (Phi) is 5.37. The Labute approximate surface area is 188 Å². The van der Waals surface area contributed by atoms with Crippen molar-refractivity contribution in [2.24, 2.45) is 5.92 Å². The molecule has 1 fully saturated rings. The van der Waals surface area contributed by atoms with E-state index in [4.69, 9.17) is 0 Å². The molecule has 4 aromatic rings. The predicted molar refractivity (Wildman–Crippen MR) is 126 cm³/mol. The van der Waals surface area contributed by atoms with Crippen LogP contribution in [-0.2, 0) is 4.79 Å². The molecule has 31 heavy (non-hydrogen) atoms. The highest BCUT2D eigenvalue weighted by Gasteiger charge is 2.28. The smallest absolute Gasteiger partial charge is 0.229 e. The van der Waals surface area contributed by atoms with Gasteiger partial charge in [0.25, 0.3) is 0 Å². The molecule has 3 aromatic heterocycles. The first-order chi connectivity index (χ1) is 15.1. The lowest BCUT2D eigenvalue weighted by atomic mass is 9.96. The summed E-state index contributed by atoms with van der Waals surface area (Å²) in [5, 5.41) is 4.66. The number of rotatable bonds is 4. The first kappa shape index (κ1) is 20.0. The lowest BCUT2D eigenvalue weighted by Gasteiger charge is -2.32. The Morgan fingerprint density at radius 1 is 1.13 bits per heavy atom. The highest BCUT2D eigenvalue weighted by atomic mass is 32.1. The van der Waals surface area contributed by atoms with Crippen molar-refractivity contribution in [3.05, 3.63) is 47.1 Å². The number of amides is 1. The minimum atomic E-state index is -0.0389. The second-order valence-corrected chi connectivity index (χ2v) is 9.66. The maximum absolute atomic E-state index is 12.8. The van der Waals surface area contributed by atoms with Gasteiger partial charge in [0.15, 0.2) is 5.82 Å². The third-order valence-corrected chi connectivity index (χ3v) is 7.54. The normalized spacial score (nSPS) is 14.8. The number of fused-ring (bicyclic) bond motifs is 1. The number of benzene rings is 1. The van der Waals surface area contributed by atoms with Crippen LogP contribution in [0.4, 0.5) is 10.9 Å². The molecule has 0 bridgehead atoms. The lowest BCUT2D eigenvalue weighted by molar-refractivity contribution is -0.120. The Hall–Kier alpha value is -2.91. The number of thiophene rings is 1. The SMILES string of the molecule is Cc1sc2ncnc(N3CCC(C(=O)Nc4nc(-c5ccccc5)ns4)CC3)c2c1C. The molecule has 5 rings (SSSR count). The van der Waals surface area contributed by atoms with Gasteiger partial charge in [0.05, 0.1) is 5.39 Å². The minimum Gasteiger partial charge on any atom is -0.356 e. The number of hydrogen-bond donors (Lipinski definition) is 1. The van der Waals surface area contributed by atoms with Crippen molar-refractivity contribution in [3.8, 4) is 11.4 Å². The van der Waals surface area contributed by atoms with Gasteiger partial charge in [-0.3, -0.25) is 4.79 Å². The monoisotopic (exact) mass is 450 g/mol. The molecular weight excluding hydrogens is 428 g/mol. The van der Waals surface area contributed by atoms with Gasteiger partial charge in [-0.25, -0.2) is 9.97 Å². The van der Waals surface area contributed by atoms with Crippen LogP contribution >= 0.6 is 22.9 Å². The van der Waals surface area contributed by atoms with Crippen molar-refractivity contribution < 1.29 is 4.79 Å². The van der Waals surface area contributed by atoms with E-state index in [9.17, 15) is 4.79 Å². The standard InChI is InChI=1S/C22H22N6OS2/c1-13-14(2)30-21-17(13)19(23-12-24-21)28-10-8-16(9-11-28)20(29)26-22-25-18(27-31-22)15-6-4-3-5-7-15/h3-7,12,16H,8-11H2,1-2H3,(H,25,26,27,29). The number of anilines is 2. The van der Waals surface area contributed by atoms with Crippen LogP contribution in [0.25, 0.3) is 21.6 Å². The number of aromatic nitrogens is 4. The molecule has 1 saturated heterocycles. The van der Waals surface area contributed by atoms with E-state index in [1.807, 2.05) is 30.3 Å².